The summed E-state index contributed by atoms with van der Waals surface area (Å²) in [6.07, 6.45) is 4.35. The first-order valence-corrected chi connectivity index (χ1v) is 6.70. The molecule has 108 valence electrons. The van der Waals surface area contributed by atoms with E-state index in [0.717, 1.165) is 12.4 Å². The van der Waals surface area contributed by atoms with Gasteiger partial charge in [-0.25, -0.2) is 9.37 Å². The maximum absolute atomic E-state index is 14.1. The second-order valence-electron chi connectivity index (χ2n) is 4.56. The molecule has 0 aliphatic heterocycles. The molecule has 0 bridgehead atoms. The van der Waals surface area contributed by atoms with E-state index >= 15 is 0 Å². The van der Waals surface area contributed by atoms with Crippen LogP contribution < -0.4 is 10.1 Å². The first kappa shape index (κ1) is 14.5. The molecule has 0 aliphatic rings. The van der Waals surface area contributed by atoms with Crippen LogP contribution in [0.2, 0.25) is 0 Å². The highest BCUT2D eigenvalue weighted by atomic mass is 19.1. The Bertz CT molecular complexity index is 568. The van der Waals surface area contributed by atoms with Crippen LogP contribution in [0.4, 0.5) is 4.39 Å². The molecule has 0 amide bonds. The van der Waals surface area contributed by atoms with Crippen LogP contribution in [-0.4, -0.2) is 23.7 Å². The number of aromatic nitrogens is 2. The van der Waals surface area contributed by atoms with E-state index in [-0.39, 0.29) is 11.9 Å². The van der Waals surface area contributed by atoms with Crippen LogP contribution in [0, 0.1) is 5.82 Å². The minimum Gasteiger partial charge on any atom is -0.497 e. The number of likely N-dealkylation sites (N-methyl/N-ethyl adjacent to an activating group) is 1. The van der Waals surface area contributed by atoms with E-state index in [4.69, 9.17) is 4.74 Å². The zero-order valence-electron chi connectivity index (χ0n) is 12.1. The lowest BCUT2D eigenvalue weighted by Crippen LogP contribution is -2.22. The second-order valence-corrected chi connectivity index (χ2v) is 4.56. The fourth-order valence-corrected chi connectivity index (χ4v) is 2.29. The van der Waals surface area contributed by atoms with Crippen molar-refractivity contribution in [2.75, 3.05) is 14.2 Å². The van der Waals surface area contributed by atoms with Crippen molar-refractivity contribution in [2.45, 2.75) is 25.9 Å². The van der Waals surface area contributed by atoms with Gasteiger partial charge >= 0.3 is 0 Å². The minimum absolute atomic E-state index is 0.117. The van der Waals surface area contributed by atoms with Crippen LogP contribution >= 0.6 is 0 Å². The van der Waals surface area contributed by atoms with Crippen LogP contribution in [0.15, 0.2) is 30.6 Å². The van der Waals surface area contributed by atoms with E-state index in [0.29, 0.717) is 17.7 Å². The average molecular weight is 277 g/mol. The Morgan fingerprint density at radius 1 is 1.45 bits per heavy atom. The summed E-state index contributed by atoms with van der Waals surface area (Å²) in [6, 6.07) is 4.82. The number of nitrogens with zero attached hydrogens (tertiary/aromatic N) is 2. The molecule has 2 aromatic rings. The molecule has 1 atom stereocenters. The molecular weight excluding hydrogens is 257 g/mol. The van der Waals surface area contributed by atoms with Crippen molar-refractivity contribution in [3.8, 4) is 5.75 Å². The van der Waals surface area contributed by atoms with Crippen LogP contribution in [0.1, 0.15) is 24.4 Å². The molecule has 20 heavy (non-hydrogen) atoms. The number of ether oxygens (including phenoxy) is 1. The van der Waals surface area contributed by atoms with Gasteiger partial charge in [-0.15, -0.1) is 0 Å². The van der Waals surface area contributed by atoms with E-state index < -0.39 is 0 Å². The summed E-state index contributed by atoms with van der Waals surface area (Å²) in [5.41, 5.74) is 0.624. The van der Waals surface area contributed by atoms with Gasteiger partial charge in [0, 0.05) is 43.0 Å². The van der Waals surface area contributed by atoms with Gasteiger partial charge in [-0.2, -0.15) is 0 Å². The second kappa shape index (κ2) is 6.52. The predicted octanol–water partition coefficient (Wildman–Crippen LogP) is 2.55. The van der Waals surface area contributed by atoms with E-state index in [9.17, 15) is 4.39 Å². The summed E-state index contributed by atoms with van der Waals surface area (Å²) in [4.78, 5) is 4.34. The Hall–Kier alpha value is -1.88. The molecule has 0 radical (unpaired) electrons. The predicted molar refractivity (Wildman–Crippen MR) is 76.4 cm³/mol. The van der Waals surface area contributed by atoms with Gasteiger partial charge in [0.25, 0.3) is 0 Å². The third kappa shape index (κ3) is 2.99. The largest absolute Gasteiger partial charge is 0.497 e. The number of nitrogens with one attached hydrogen (secondary N) is 1. The third-order valence-electron chi connectivity index (χ3n) is 3.46. The highest BCUT2D eigenvalue weighted by Crippen LogP contribution is 2.24. The Labute approximate surface area is 118 Å². The maximum Gasteiger partial charge on any atom is 0.131 e. The first-order valence-electron chi connectivity index (χ1n) is 6.70. The van der Waals surface area contributed by atoms with Crippen LogP contribution in [0.5, 0.6) is 5.75 Å². The molecule has 0 aliphatic carbocycles. The lowest BCUT2D eigenvalue weighted by Gasteiger charge is -2.18. The van der Waals surface area contributed by atoms with Crippen molar-refractivity contribution in [1.29, 1.82) is 0 Å². The first-order chi connectivity index (χ1) is 9.69. The van der Waals surface area contributed by atoms with E-state index in [1.165, 1.54) is 13.2 Å². The summed E-state index contributed by atoms with van der Waals surface area (Å²) in [5.74, 6) is 1.21. The number of halogens is 1. The van der Waals surface area contributed by atoms with Gasteiger partial charge < -0.3 is 14.6 Å². The van der Waals surface area contributed by atoms with Crippen molar-refractivity contribution in [1.82, 2.24) is 14.9 Å². The Morgan fingerprint density at radius 2 is 2.25 bits per heavy atom. The minimum atomic E-state index is -0.265. The van der Waals surface area contributed by atoms with E-state index in [2.05, 4.69) is 21.8 Å². The molecule has 4 nitrogen and oxygen atoms in total. The number of hydrogen-bond acceptors (Lipinski definition) is 3. The normalized spacial score (nSPS) is 12.4. The smallest absolute Gasteiger partial charge is 0.131 e. The molecule has 0 fully saturated rings. The summed E-state index contributed by atoms with van der Waals surface area (Å²) < 4.78 is 21.2. The molecule has 0 spiro atoms. The Kier molecular flexibility index (Phi) is 4.74. The zero-order valence-corrected chi connectivity index (χ0v) is 12.1. The number of benzene rings is 1. The van der Waals surface area contributed by atoms with Gasteiger partial charge in [-0.05, 0) is 20.0 Å². The van der Waals surface area contributed by atoms with Gasteiger partial charge in [0.05, 0.1) is 7.11 Å². The molecule has 0 saturated carbocycles. The van der Waals surface area contributed by atoms with Crippen molar-refractivity contribution in [2.24, 2.45) is 0 Å². The summed E-state index contributed by atoms with van der Waals surface area (Å²) >= 11 is 0. The summed E-state index contributed by atoms with van der Waals surface area (Å²) in [7, 11) is 3.36. The van der Waals surface area contributed by atoms with E-state index in [1.807, 2.05) is 13.2 Å². The topological polar surface area (TPSA) is 39.1 Å². The quantitative estimate of drug-likeness (QED) is 0.882. The molecule has 0 saturated heterocycles. The molecule has 1 aromatic heterocycles. The van der Waals surface area contributed by atoms with Crippen molar-refractivity contribution in [3.63, 3.8) is 0 Å². The fraction of sp³-hybridized carbons (Fsp3) is 0.400. The number of hydrogen-bond donors (Lipinski definition) is 1. The highest BCUT2D eigenvalue weighted by molar-refractivity contribution is 5.31. The third-order valence-corrected chi connectivity index (χ3v) is 3.46. The van der Waals surface area contributed by atoms with Crippen molar-refractivity contribution >= 4 is 0 Å². The van der Waals surface area contributed by atoms with Gasteiger partial charge in [0.15, 0.2) is 0 Å². The molecule has 5 heteroatoms. The Morgan fingerprint density at radius 3 is 2.85 bits per heavy atom. The van der Waals surface area contributed by atoms with Crippen LogP contribution in [0.3, 0.4) is 0 Å². The Balaban J connectivity index is 2.24. The fourth-order valence-electron chi connectivity index (χ4n) is 2.29. The monoisotopic (exact) mass is 277 g/mol. The molecule has 2 rings (SSSR count). The highest BCUT2D eigenvalue weighted by Gasteiger charge is 2.17. The number of aryl methyl sites for hydroxylation is 1. The van der Waals surface area contributed by atoms with Crippen LogP contribution in [0.25, 0.3) is 0 Å². The van der Waals surface area contributed by atoms with Gasteiger partial charge in [0.1, 0.15) is 17.4 Å². The zero-order chi connectivity index (χ0) is 14.5. The molecule has 1 aromatic carbocycles. The van der Waals surface area contributed by atoms with Gasteiger partial charge in [-0.1, -0.05) is 6.07 Å². The number of imidazole rings is 1. The lowest BCUT2D eigenvalue weighted by molar-refractivity contribution is 0.409. The standard InChI is InChI=1S/C15H20FN3O/c1-4-19-8-7-18-15(19)10-14(17-2)12-6-5-11(20-3)9-13(12)16/h5-9,14,17H,4,10H2,1-3H3. The van der Waals surface area contributed by atoms with Crippen LogP contribution in [-0.2, 0) is 13.0 Å². The van der Waals surface area contributed by atoms with Crippen molar-refractivity contribution in [3.05, 3.63) is 47.8 Å². The molecular formula is C15H20FN3O. The number of rotatable bonds is 6. The summed E-state index contributed by atoms with van der Waals surface area (Å²) in [6.45, 7) is 2.92. The van der Waals surface area contributed by atoms with Gasteiger partial charge in [-0.3, -0.25) is 0 Å². The lowest BCUT2D eigenvalue weighted by atomic mass is 10.0. The van der Waals surface area contributed by atoms with Gasteiger partial charge in [0.2, 0.25) is 0 Å². The maximum atomic E-state index is 14.1. The molecule has 1 unspecified atom stereocenters. The molecule has 1 N–H and O–H groups in total. The van der Waals surface area contributed by atoms with Crippen molar-refractivity contribution < 1.29 is 9.13 Å². The number of methoxy groups -OCH3 is 1. The summed E-state index contributed by atoms with van der Waals surface area (Å²) in [5, 5.41) is 3.15. The van der Waals surface area contributed by atoms with E-state index in [1.54, 1.807) is 18.3 Å². The molecule has 1 heterocycles. The average Bonchev–Trinajstić information content (AvgIpc) is 2.92. The SMILES string of the molecule is CCn1ccnc1CC(NC)c1ccc(OC)cc1F.